The Hall–Kier alpha value is -1.46. The van der Waals surface area contributed by atoms with E-state index in [0.29, 0.717) is 0 Å². The minimum Gasteiger partial charge on any atom is -0.291 e. The number of benzene rings is 1. The van der Waals surface area contributed by atoms with E-state index in [4.69, 9.17) is 0 Å². The van der Waals surface area contributed by atoms with Crippen LogP contribution in [0.2, 0.25) is 0 Å². The van der Waals surface area contributed by atoms with Crippen molar-refractivity contribution in [3.8, 4) is 0 Å². The maximum absolute atomic E-state index is 10.6. The largest absolute Gasteiger partial charge is 0.291 e. The molecule has 1 aliphatic rings. The van der Waals surface area contributed by atoms with E-state index < -0.39 is 0 Å². The van der Waals surface area contributed by atoms with Crippen LogP contribution in [0.15, 0.2) is 24.3 Å². The summed E-state index contributed by atoms with van der Waals surface area (Å²) in [5.74, 6) is 0. The molecule has 1 aromatic rings. The zero-order valence-corrected chi connectivity index (χ0v) is 11.2. The molecule has 1 saturated heterocycles. The normalized spacial score (nSPS) is 22.0. The standard InChI is InChI=1S/C13H19N3O2/c1-12(2)13(3,4)15-11(14-12)9-5-7-10(8-6-9)16(17)18/h5-8,11,14-15H,1-4H3. The van der Waals surface area contributed by atoms with E-state index in [2.05, 4.69) is 38.3 Å². The van der Waals surface area contributed by atoms with Gasteiger partial charge in [0.05, 0.1) is 11.1 Å². The quantitative estimate of drug-likeness (QED) is 0.623. The number of nitro benzene ring substituents is 1. The van der Waals surface area contributed by atoms with Crippen LogP contribution >= 0.6 is 0 Å². The van der Waals surface area contributed by atoms with Crippen LogP contribution in [0, 0.1) is 10.1 Å². The van der Waals surface area contributed by atoms with Gasteiger partial charge in [-0.3, -0.25) is 20.7 Å². The maximum atomic E-state index is 10.6. The first-order valence-electron chi connectivity index (χ1n) is 6.03. The van der Waals surface area contributed by atoms with Crippen molar-refractivity contribution < 1.29 is 4.92 Å². The Bertz CT molecular complexity index is 450. The van der Waals surface area contributed by atoms with Crippen molar-refractivity contribution >= 4 is 5.69 Å². The van der Waals surface area contributed by atoms with E-state index in [0.717, 1.165) is 5.56 Å². The summed E-state index contributed by atoms with van der Waals surface area (Å²) in [6, 6.07) is 6.66. The molecule has 1 aromatic carbocycles. The highest BCUT2D eigenvalue weighted by Gasteiger charge is 2.45. The van der Waals surface area contributed by atoms with Crippen molar-refractivity contribution in [2.24, 2.45) is 0 Å². The van der Waals surface area contributed by atoms with Crippen LogP contribution in [0.3, 0.4) is 0 Å². The van der Waals surface area contributed by atoms with Gasteiger partial charge in [-0.25, -0.2) is 0 Å². The van der Waals surface area contributed by atoms with E-state index in [1.54, 1.807) is 12.1 Å². The minimum atomic E-state index is -0.382. The van der Waals surface area contributed by atoms with Crippen LogP contribution in [0.1, 0.15) is 39.4 Å². The van der Waals surface area contributed by atoms with Crippen LogP contribution in [0.5, 0.6) is 0 Å². The summed E-state index contributed by atoms with van der Waals surface area (Å²) in [6.07, 6.45) is 0.0239. The van der Waals surface area contributed by atoms with Crippen molar-refractivity contribution in [2.75, 3.05) is 0 Å². The van der Waals surface area contributed by atoms with Gasteiger partial charge in [-0.1, -0.05) is 0 Å². The Labute approximate surface area is 107 Å². The van der Waals surface area contributed by atoms with Crippen molar-refractivity contribution in [3.63, 3.8) is 0 Å². The molecule has 1 aliphatic heterocycles. The van der Waals surface area contributed by atoms with Crippen LogP contribution in [-0.4, -0.2) is 16.0 Å². The van der Waals surface area contributed by atoms with Gasteiger partial charge in [-0.2, -0.15) is 0 Å². The fourth-order valence-corrected chi connectivity index (χ4v) is 2.07. The molecule has 0 aromatic heterocycles. The van der Waals surface area contributed by atoms with E-state index >= 15 is 0 Å². The molecule has 1 fully saturated rings. The molecule has 0 radical (unpaired) electrons. The highest BCUT2D eigenvalue weighted by molar-refractivity contribution is 5.35. The number of hydrogen-bond donors (Lipinski definition) is 2. The molecule has 1 heterocycles. The first kappa shape index (κ1) is 13.0. The Kier molecular flexibility index (Phi) is 2.91. The molecular weight excluding hydrogens is 230 g/mol. The third-order valence-electron chi connectivity index (χ3n) is 4.01. The fourth-order valence-electron chi connectivity index (χ4n) is 2.07. The molecule has 0 unspecified atom stereocenters. The average molecular weight is 249 g/mol. The Morgan fingerprint density at radius 3 is 1.89 bits per heavy atom. The Morgan fingerprint density at radius 2 is 1.50 bits per heavy atom. The summed E-state index contributed by atoms with van der Waals surface area (Å²) >= 11 is 0. The topological polar surface area (TPSA) is 67.2 Å². The van der Waals surface area contributed by atoms with Crippen LogP contribution < -0.4 is 10.6 Å². The summed E-state index contributed by atoms with van der Waals surface area (Å²) in [4.78, 5) is 10.2. The van der Waals surface area contributed by atoms with Crippen LogP contribution in [-0.2, 0) is 0 Å². The van der Waals surface area contributed by atoms with E-state index in [9.17, 15) is 10.1 Å². The number of nitrogens with one attached hydrogen (secondary N) is 2. The molecule has 18 heavy (non-hydrogen) atoms. The van der Waals surface area contributed by atoms with Crippen molar-refractivity contribution in [3.05, 3.63) is 39.9 Å². The lowest BCUT2D eigenvalue weighted by molar-refractivity contribution is -0.384. The number of hydrogen-bond acceptors (Lipinski definition) is 4. The van der Waals surface area contributed by atoms with Gasteiger partial charge in [0.2, 0.25) is 0 Å². The number of nitro groups is 1. The second-order valence-corrected chi connectivity index (χ2v) is 5.82. The van der Waals surface area contributed by atoms with Gasteiger partial charge in [0.15, 0.2) is 0 Å². The predicted molar refractivity (Wildman–Crippen MR) is 70.3 cm³/mol. The van der Waals surface area contributed by atoms with Gasteiger partial charge in [0, 0.05) is 23.2 Å². The second kappa shape index (κ2) is 4.03. The molecule has 5 heteroatoms. The summed E-state index contributed by atoms with van der Waals surface area (Å²) < 4.78 is 0. The summed E-state index contributed by atoms with van der Waals surface area (Å²) in [5, 5.41) is 17.6. The zero-order valence-electron chi connectivity index (χ0n) is 11.2. The monoisotopic (exact) mass is 249 g/mol. The van der Waals surface area contributed by atoms with E-state index in [1.807, 2.05) is 0 Å². The molecule has 0 spiro atoms. The summed E-state index contributed by atoms with van der Waals surface area (Å²) in [6.45, 7) is 8.58. The molecule has 98 valence electrons. The van der Waals surface area contributed by atoms with Gasteiger partial charge < -0.3 is 0 Å². The number of rotatable bonds is 2. The van der Waals surface area contributed by atoms with E-state index in [-0.39, 0.29) is 27.9 Å². The highest BCUT2D eigenvalue weighted by atomic mass is 16.6. The van der Waals surface area contributed by atoms with Gasteiger partial charge >= 0.3 is 0 Å². The minimum absolute atomic E-state index is 0.0239. The van der Waals surface area contributed by atoms with Crippen LogP contribution in [0.25, 0.3) is 0 Å². The predicted octanol–water partition coefficient (Wildman–Crippen LogP) is 2.34. The SMILES string of the molecule is CC1(C)NC(c2ccc([N+](=O)[O-])cc2)NC1(C)C. The molecule has 0 atom stereocenters. The van der Waals surface area contributed by atoms with Gasteiger partial charge in [-0.15, -0.1) is 0 Å². The lowest BCUT2D eigenvalue weighted by Crippen LogP contribution is -2.51. The third-order valence-corrected chi connectivity index (χ3v) is 4.01. The van der Waals surface area contributed by atoms with Gasteiger partial charge in [0.1, 0.15) is 0 Å². The smallest absolute Gasteiger partial charge is 0.269 e. The summed E-state index contributed by atoms with van der Waals surface area (Å²) in [7, 11) is 0. The molecule has 2 rings (SSSR count). The molecule has 5 nitrogen and oxygen atoms in total. The first-order valence-corrected chi connectivity index (χ1v) is 6.03. The second-order valence-electron chi connectivity index (χ2n) is 5.82. The molecular formula is C13H19N3O2. The van der Waals surface area contributed by atoms with Crippen molar-refractivity contribution in [1.82, 2.24) is 10.6 Å². The average Bonchev–Trinajstić information content (AvgIpc) is 2.48. The Morgan fingerprint density at radius 1 is 1.06 bits per heavy atom. The maximum Gasteiger partial charge on any atom is 0.269 e. The van der Waals surface area contributed by atoms with E-state index in [1.165, 1.54) is 12.1 Å². The van der Waals surface area contributed by atoms with Crippen molar-refractivity contribution in [1.29, 1.82) is 0 Å². The molecule has 0 amide bonds. The third kappa shape index (κ3) is 2.11. The number of nitrogens with zero attached hydrogens (tertiary/aromatic N) is 1. The lowest BCUT2D eigenvalue weighted by Gasteiger charge is -2.33. The fraction of sp³-hybridized carbons (Fsp3) is 0.538. The molecule has 0 saturated carbocycles. The molecule has 0 bridgehead atoms. The summed E-state index contributed by atoms with van der Waals surface area (Å²) in [5.41, 5.74) is 1.05. The molecule has 0 aliphatic carbocycles. The van der Waals surface area contributed by atoms with Crippen molar-refractivity contribution in [2.45, 2.75) is 44.9 Å². The highest BCUT2D eigenvalue weighted by Crippen LogP contribution is 2.33. The van der Waals surface area contributed by atoms with Crippen LogP contribution in [0.4, 0.5) is 5.69 Å². The van der Waals surface area contributed by atoms with Gasteiger partial charge in [-0.05, 0) is 45.4 Å². The Balaban J connectivity index is 2.22. The zero-order chi connectivity index (χ0) is 13.6. The molecule has 2 N–H and O–H groups in total. The van der Waals surface area contributed by atoms with Gasteiger partial charge in [0.25, 0.3) is 5.69 Å². The first-order chi connectivity index (χ1) is 8.23. The number of non-ortho nitro benzene ring substituents is 1. The lowest BCUT2D eigenvalue weighted by atomic mass is 9.85.